The maximum absolute atomic E-state index is 10.9. The van der Waals surface area contributed by atoms with Crippen molar-refractivity contribution < 1.29 is 9.53 Å². The highest BCUT2D eigenvalue weighted by molar-refractivity contribution is 6.61. The summed E-state index contributed by atoms with van der Waals surface area (Å²) in [6.07, 6.45) is 0. The molecule has 0 fully saturated rings. The minimum absolute atomic E-state index is 0.208. The number of hydrogen-bond donors (Lipinski definition) is 0. The van der Waals surface area contributed by atoms with Crippen LogP contribution in [-0.2, 0) is 0 Å². The molecule has 0 atom stereocenters. The Morgan fingerprint density at radius 1 is 1.05 bits per heavy atom. The second-order valence-corrected chi connectivity index (χ2v) is 4.22. The zero-order chi connectivity index (χ0) is 13.2. The van der Waals surface area contributed by atoms with Gasteiger partial charge in [0.05, 0.1) is 16.6 Å². The van der Waals surface area contributed by atoms with Crippen molar-refractivity contribution in [2.24, 2.45) is 0 Å². The molecule has 0 amide bonds. The third-order valence-electron chi connectivity index (χ3n) is 2.73. The van der Waals surface area contributed by atoms with Gasteiger partial charge in [0.25, 0.3) is 5.88 Å². The summed E-state index contributed by atoms with van der Waals surface area (Å²) in [6, 6.07) is 17.1. The van der Waals surface area contributed by atoms with Crippen LogP contribution in [0.5, 0.6) is 5.88 Å². The number of ether oxygens (including phenoxy) is 1. The minimum atomic E-state index is -0.900. The summed E-state index contributed by atoms with van der Waals surface area (Å²) < 4.78 is 6.64. The van der Waals surface area contributed by atoms with Crippen molar-refractivity contribution in [2.75, 3.05) is 0 Å². The van der Waals surface area contributed by atoms with Gasteiger partial charge >= 0.3 is 5.43 Å². The summed E-state index contributed by atoms with van der Waals surface area (Å²) in [4.78, 5) is 10.9. The van der Waals surface area contributed by atoms with Gasteiger partial charge in [0, 0.05) is 11.6 Å². The predicted octanol–water partition coefficient (Wildman–Crippen LogP) is 3.76. The highest BCUT2D eigenvalue weighted by atomic mass is 35.5. The van der Waals surface area contributed by atoms with Crippen LogP contribution in [0.25, 0.3) is 16.6 Å². The normalized spacial score (nSPS) is 10.6. The molecule has 0 aliphatic rings. The number of rotatable bonds is 2. The Morgan fingerprint density at radius 2 is 1.74 bits per heavy atom. The van der Waals surface area contributed by atoms with Gasteiger partial charge in [-0.25, -0.2) is 9.48 Å². The van der Waals surface area contributed by atoms with Crippen LogP contribution in [-0.4, -0.2) is 15.2 Å². The number of nitrogens with zero attached hydrogens (tertiary/aromatic N) is 2. The van der Waals surface area contributed by atoms with Crippen LogP contribution < -0.4 is 4.74 Å². The fourth-order valence-electron chi connectivity index (χ4n) is 1.96. The molecular weight excluding hydrogens is 264 g/mol. The number of halogens is 1. The van der Waals surface area contributed by atoms with E-state index in [1.54, 1.807) is 4.68 Å². The number of benzene rings is 2. The SMILES string of the molecule is O=C(Cl)Oc1nn(-c2ccccc2)c2ccccc12. The second-order valence-electron chi connectivity index (χ2n) is 3.91. The van der Waals surface area contributed by atoms with Crippen LogP contribution in [0.2, 0.25) is 0 Å². The lowest BCUT2D eigenvalue weighted by Crippen LogP contribution is -1.99. The molecule has 0 aliphatic carbocycles. The molecule has 2 aromatic carbocycles. The van der Waals surface area contributed by atoms with E-state index in [2.05, 4.69) is 5.10 Å². The molecular formula is C14H9ClN2O2. The van der Waals surface area contributed by atoms with Gasteiger partial charge in [0.1, 0.15) is 0 Å². The van der Waals surface area contributed by atoms with E-state index in [-0.39, 0.29) is 5.88 Å². The van der Waals surface area contributed by atoms with E-state index in [1.807, 2.05) is 54.6 Å². The number of aromatic nitrogens is 2. The van der Waals surface area contributed by atoms with Crippen LogP contribution in [0.4, 0.5) is 4.79 Å². The van der Waals surface area contributed by atoms with Crippen LogP contribution in [0, 0.1) is 0 Å². The third kappa shape index (κ3) is 2.18. The number of carbonyl (C=O) groups excluding carboxylic acids is 1. The molecule has 1 aromatic heterocycles. The van der Waals surface area contributed by atoms with Gasteiger partial charge in [-0.1, -0.05) is 30.3 Å². The Hall–Kier alpha value is -2.33. The van der Waals surface area contributed by atoms with Crippen LogP contribution >= 0.6 is 11.6 Å². The quantitative estimate of drug-likeness (QED) is 0.667. The Bertz CT molecular complexity index is 738. The zero-order valence-corrected chi connectivity index (χ0v) is 10.5. The first-order valence-electron chi connectivity index (χ1n) is 5.66. The van der Waals surface area contributed by atoms with Gasteiger partial charge in [-0.3, -0.25) is 0 Å². The monoisotopic (exact) mass is 272 g/mol. The van der Waals surface area contributed by atoms with Crippen molar-refractivity contribution in [3.63, 3.8) is 0 Å². The van der Waals surface area contributed by atoms with Crippen molar-refractivity contribution >= 4 is 27.9 Å². The number of carbonyl (C=O) groups is 1. The summed E-state index contributed by atoms with van der Waals surface area (Å²) >= 11 is 5.26. The van der Waals surface area contributed by atoms with Crippen LogP contribution in [0.15, 0.2) is 54.6 Å². The molecule has 0 bridgehead atoms. The fraction of sp³-hybridized carbons (Fsp3) is 0. The van der Waals surface area contributed by atoms with Gasteiger partial charge in [-0.15, -0.1) is 5.10 Å². The van der Waals surface area contributed by atoms with E-state index in [4.69, 9.17) is 16.3 Å². The van der Waals surface area contributed by atoms with Crippen molar-refractivity contribution in [1.82, 2.24) is 9.78 Å². The molecule has 0 N–H and O–H groups in total. The van der Waals surface area contributed by atoms with Gasteiger partial charge in [-0.2, -0.15) is 0 Å². The summed E-state index contributed by atoms with van der Waals surface area (Å²) in [5.74, 6) is 0.208. The maximum atomic E-state index is 10.9. The average molecular weight is 273 g/mol. The maximum Gasteiger partial charge on any atom is 0.410 e. The average Bonchev–Trinajstić information content (AvgIpc) is 2.78. The molecule has 4 nitrogen and oxygen atoms in total. The Kier molecular flexibility index (Phi) is 2.93. The molecule has 5 heteroatoms. The summed E-state index contributed by atoms with van der Waals surface area (Å²) in [7, 11) is 0. The fourth-order valence-corrected chi connectivity index (χ4v) is 2.03. The van der Waals surface area contributed by atoms with Crippen molar-refractivity contribution in [2.45, 2.75) is 0 Å². The largest absolute Gasteiger partial charge is 0.410 e. The van der Waals surface area contributed by atoms with Gasteiger partial charge in [0.15, 0.2) is 0 Å². The Morgan fingerprint density at radius 3 is 2.47 bits per heavy atom. The van der Waals surface area contributed by atoms with Crippen molar-refractivity contribution in [3.05, 3.63) is 54.6 Å². The lowest BCUT2D eigenvalue weighted by molar-refractivity contribution is 0.224. The highest BCUT2D eigenvalue weighted by Gasteiger charge is 2.14. The molecule has 0 aliphatic heterocycles. The minimum Gasteiger partial charge on any atom is -0.393 e. The first kappa shape index (κ1) is 11.7. The molecule has 1 heterocycles. The van der Waals surface area contributed by atoms with Crippen LogP contribution in [0.1, 0.15) is 0 Å². The molecule has 94 valence electrons. The lowest BCUT2D eigenvalue weighted by Gasteiger charge is -2.01. The van der Waals surface area contributed by atoms with Gasteiger partial charge < -0.3 is 4.74 Å². The molecule has 0 radical (unpaired) electrons. The first-order chi connectivity index (χ1) is 9.25. The smallest absolute Gasteiger partial charge is 0.393 e. The molecule has 0 spiro atoms. The molecule has 0 saturated heterocycles. The standard InChI is InChI=1S/C14H9ClN2O2/c15-14(18)19-13-11-8-4-5-9-12(11)17(16-13)10-6-2-1-3-7-10/h1-9H. The van der Waals surface area contributed by atoms with E-state index in [9.17, 15) is 4.79 Å². The predicted molar refractivity (Wildman–Crippen MR) is 72.9 cm³/mol. The van der Waals surface area contributed by atoms with E-state index in [1.165, 1.54) is 0 Å². The molecule has 19 heavy (non-hydrogen) atoms. The zero-order valence-electron chi connectivity index (χ0n) is 9.79. The first-order valence-corrected chi connectivity index (χ1v) is 6.04. The van der Waals surface area contributed by atoms with Gasteiger partial charge in [0.2, 0.25) is 0 Å². The van der Waals surface area contributed by atoms with Crippen molar-refractivity contribution in [1.29, 1.82) is 0 Å². The molecule has 0 unspecified atom stereocenters. The topological polar surface area (TPSA) is 44.1 Å². The van der Waals surface area contributed by atoms with E-state index in [0.29, 0.717) is 0 Å². The Balaban J connectivity index is 2.23. The van der Waals surface area contributed by atoms with Crippen molar-refractivity contribution in [3.8, 4) is 11.6 Å². The van der Waals surface area contributed by atoms with Crippen LogP contribution in [0.3, 0.4) is 0 Å². The van der Waals surface area contributed by atoms with E-state index in [0.717, 1.165) is 16.6 Å². The van der Waals surface area contributed by atoms with E-state index >= 15 is 0 Å². The summed E-state index contributed by atoms with van der Waals surface area (Å²) in [6.45, 7) is 0. The van der Waals surface area contributed by atoms with Gasteiger partial charge in [-0.05, 0) is 24.3 Å². The number of para-hydroxylation sites is 2. The molecule has 3 rings (SSSR count). The molecule has 3 aromatic rings. The lowest BCUT2D eigenvalue weighted by atomic mass is 10.2. The van der Waals surface area contributed by atoms with E-state index < -0.39 is 5.43 Å². The Labute approximate surface area is 114 Å². The number of hydrogen-bond acceptors (Lipinski definition) is 3. The second kappa shape index (κ2) is 4.74. The highest BCUT2D eigenvalue weighted by Crippen LogP contribution is 2.27. The summed E-state index contributed by atoms with van der Waals surface area (Å²) in [5, 5.41) is 5.03. The third-order valence-corrected chi connectivity index (χ3v) is 2.81. The summed E-state index contributed by atoms with van der Waals surface area (Å²) in [5.41, 5.74) is 0.834. The number of fused-ring (bicyclic) bond motifs is 1. The molecule has 0 saturated carbocycles.